The minimum Gasteiger partial charge on any atom is -0.456 e. The average Bonchev–Trinajstić information content (AvgIpc) is 3.71. The molecule has 11 rings (SSSR count). The molecule has 0 unspecified atom stereocenters. The summed E-state index contributed by atoms with van der Waals surface area (Å²) in [5.41, 5.74) is 5.19. The van der Waals surface area contributed by atoms with Crippen LogP contribution in [0.4, 0.5) is 0 Å². The third-order valence-electron chi connectivity index (χ3n) is 10.2. The molecule has 0 saturated carbocycles. The summed E-state index contributed by atoms with van der Waals surface area (Å²) < 4.78 is 121. The summed E-state index contributed by atoms with van der Waals surface area (Å²) in [4.78, 5) is 0. The first-order valence-corrected chi connectivity index (χ1v) is 17.2. The Morgan fingerprint density at radius 3 is 1.53 bits per heavy atom. The van der Waals surface area contributed by atoms with Crippen LogP contribution in [0.3, 0.4) is 0 Å². The lowest BCUT2D eigenvalue weighted by atomic mass is 9.85. The van der Waals surface area contributed by atoms with E-state index < -0.39 is 84.1 Å². The van der Waals surface area contributed by atoms with Gasteiger partial charge in [-0.25, -0.2) is 0 Å². The van der Waals surface area contributed by atoms with Crippen molar-refractivity contribution in [2.75, 3.05) is 0 Å². The largest absolute Gasteiger partial charge is 0.456 e. The molecule has 0 N–H and O–H groups in total. The lowest BCUT2D eigenvalue weighted by Gasteiger charge is -2.18. The van der Waals surface area contributed by atoms with Gasteiger partial charge in [-0.2, -0.15) is 0 Å². The van der Waals surface area contributed by atoms with Gasteiger partial charge in [-0.1, -0.05) is 157 Å². The van der Waals surface area contributed by atoms with Gasteiger partial charge in [0, 0.05) is 10.8 Å². The Kier molecular flexibility index (Phi) is 4.36. The fraction of sp³-hybridized carbons (Fsp3) is 0. The van der Waals surface area contributed by atoms with E-state index in [0.29, 0.717) is 5.56 Å². The summed E-state index contributed by atoms with van der Waals surface area (Å²) in [7, 11) is 0. The van der Waals surface area contributed by atoms with Gasteiger partial charge in [0.1, 0.15) is 11.2 Å². The molecule has 246 valence electrons. The highest BCUT2D eigenvalue weighted by Crippen LogP contribution is 2.44. The van der Waals surface area contributed by atoms with Crippen LogP contribution in [0.1, 0.15) is 17.8 Å². The van der Waals surface area contributed by atoms with E-state index in [1.54, 1.807) is 12.1 Å². The van der Waals surface area contributed by atoms with Gasteiger partial charge in [0.05, 0.1) is 17.8 Å². The van der Waals surface area contributed by atoms with Crippen LogP contribution >= 0.6 is 0 Å². The van der Waals surface area contributed by atoms with Crippen molar-refractivity contribution in [3.05, 3.63) is 194 Å². The van der Waals surface area contributed by atoms with Gasteiger partial charge >= 0.3 is 0 Å². The Balaban J connectivity index is 1.10. The minimum atomic E-state index is -0.712. The summed E-state index contributed by atoms with van der Waals surface area (Å²) >= 11 is 0. The van der Waals surface area contributed by atoms with E-state index in [9.17, 15) is 5.48 Å². The number of benzene rings is 10. The van der Waals surface area contributed by atoms with E-state index in [2.05, 4.69) is 54.6 Å². The Hall–Kier alpha value is -6.96. The normalized spacial score (nSPS) is 15.2. The standard InChI is InChI=1S/C52H32O/c1-2-12-34(13-3-1)51-45-16-6-8-18-47(45)52(48-19-9-7-17-46(48)51)40-24-23-35-29-36(21-22-37(35)30-40)38-25-27-43-44-28-26-39(32-50(44)53-49(43)31-38)42-20-10-14-33-11-4-5-15-41(33)42/h1-32H/i1D,2D,3D,6D,7D,8D,9D,12D,13D,16D,17D,18D,19D. The zero-order chi connectivity index (χ0) is 46.2. The molecule has 0 atom stereocenters. The van der Waals surface area contributed by atoms with Gasteiger partial charge in [-0.3, -0.25) is 0 Å². The zero-order valence-corrected chi connectivity index (χ0v) is 27.9. The van der Waals surface area contributed by atoms with E-state index in [4.69, 9.17) is 16.8 Å². The van der Waals surface area contributed by atoms with E-state index in [1.165, 1.54) is 0 Å². The van der Waals surface area contributed by atoms with E-state index in [1.807, 2.05) is 48.5 Å². The van der Waals surface area contributed by atoms with Gasteiger partial charge in [0.15, 0.2) is 0 Å². The summed E-state index contributed by atoms with van der Waals surface area (Å²) in [6, 6.07) is 29.9. The molecular weight excluding hydrogens is 641 g/mol. The van der Waals surface area contributed by atoms with Crippen molar-refractivity contribution in [3.8, 4) is 44.5 Å². The van der Waals surface area contributed by atoms with Gasteiger partial charge in [0.25, 0.3) is 0 Å². The molecule has 1 nitrogen and oxygen atoms in total. The van der Waals surface area contributed by atoms with Crippen LogP contribution in [0.2, 0.25) is 0 Å². The summed E-state index contributed by atoms with van der Waals surface area (Å²) in [6.45, 7) is 0. The first kappa shape index (κ1) is 19.6. The zero-order valence-electron chi connectivity index (χ0n) is 40.9. The smallest absolute Gasteiger partial charge is 0.136 e. The van der Waals surface area contributed by atoms with E-state index in [0.717, 1.165) is 65.7 Å². The van der Waals surface area contributed by atoms with Crippen molar-refractivity contribution in [1.29, 1.82) is 0 Å². The van der Waals surface area contributed by atoms with Crippen LogP contribution in [0.15, 0.2) is 198 Å². The van der Waals surface area contributed by atoms with Crippen LogP contribution in [-0.4, -0.2) is 0 Å². The number of hydrogen-bond acceptors (Lipinski definition) is 1. The highest BCUT2D eigenvalue weighted by Gasteiger charge is 2.17. The number of furan rings is 1. The van der Waals surface area contributed by atoms with Crippen LogP contribution in [0, 0.1) is 0 Å². The second kappa shape index (κ2) is 11.8. The second-order valence-corrected chi connectivity index (χ2v) is 13.1. The Morgan fingerprint density at radius 2 is 0.830 bits per heavy atom. The van der Waals surface area contributed by atoms with Crippen molar-refractivity contribution in [2.45, 2.75) is 0 Å². The maximum Gasteiger partial charge on any atom is 0.136 e. The molecule has 0 aliphatic carbocycles. The maximum atomic E-state index is 9.27. The molecular formula is C52H32O. The fourth-order valence-electron chi connectivity index (χ4n) is 7.72. The monoisotopic (exact) mass is 685 g/mol. The van der Waals surface area contributed by atoms with Crippen molar-refractivity contribution >= 4 is 65.0 Å². The van der Waals surface area contributed by atoms with Crippen molar-refractivity contribution in [3.63, 3.8) is 0 Å². The Labute approximate surface area is 325 Å². The SMILES string of the molecule is [2H]c1c([2H])c([2H])c(-c2c3c([2H])c([2H])c([2H])c([2H])c3c(-c3ccc4cc(-c5ccc6c(c5)oc5cc(-c7cccc8ccccc78)ccc56)ccc4c3)c3c([2H])c([2H])c([2H])c([2H])c23)c([2H])c1[2H]. The molecule has 10 aromatic carbocycles. The van der Waals surface area contributed by atoms with E-state index >= 15 is 0 Å². The van der Waals surface area contributed by atoms with Crippen LogP contribution in [0.5, 0.6) is 0 Å². The first-order chi connectivity index (χ1) is 31.7. The van der Waals surface area contributed by atoms with E-state index in [-0.39, 0.29) is 32.7 Å². The number of hydrogen-bond donors (Lipinski definition) is 0. The van der Waals surface area contributed by atoms with Gasteiger partial charge in [-0.05, 0) is 124 Å². The maximum absolute atomic E-state index is 9.27. The fourth-order valence-corrected chi connectivity index (χ4v) is 7.72. The van der Waals surface area contributed by atoms with Crippen molar-refractivity contribution in [1.82, 2.24) is 0 Å². The number of rotatable bonds is 4. The molecule has 0 amide bonds. The second-order valence-electron chi connectivity index (χ2n) is 13.1. The molecule has 1 heterocycles. The highest BCUT2D eigenvalue weighted by molar-refractivity contribution is 6.21. The Bertz CT molecular complexity index is 3870. The summed E-state index contributed by atoms with van der Waals surface area (Å²) in [6.07, 6.45) is 0. The molecule has 0 bridgehead atoms. The quantitative estimate of drug-likeness (QED) is 0.168. The van der Waals surface area contributed by atoms with Gasteiger partial charge in [-0.15, -0.1) is 0 Å². The summed E-state index contributed by atoms with van der Waals surface area (Å²) in [5.74, 6) is 0. The predicted octanol–water partition coefficient (Wildman–Crippen LogP) is 14.9. The Morgan fingerprint density at radius 1 is 0.321 bits per heavy atom. The molecule has 0 aliphatic heterocycles. The predicted molar refractivity (Wildman–Crippen MR) is 225 cm³/mol. The van der Waals surface area contributed by atoms with Gasteiger partial charge in [0.2, 0.25) is 0 Å². The molecule has 0 spiro atoms. The molecule has 0 aliphatic rings. The van der Waals surface area contributed by atoms with Crippen LogP contribution in [-0.2, 0) is 0 Å². The van der Waals surface area contributed by atoms with Gasteiger partial charge < -0.3 is 4.42 Å². The first-order valence-electron chi connectivity index (χ1n) is 23.7. The minimum absolute atomic E-state index is 0.0834. The lowest BCUT2D eigenvalue weighted by molar-refractivity contribution is 0.669. The molecule has 53 heavy (non-hydrogen) atoms. The third-order valence-corrected chi connectivity index (χ3v) is 10.2. The molecule has 0 fully saturated rings. The molecule has 11 aromatic rings. The number of fused-ring (bicyclic) bond motifs is 7. The molecule has 0 saturated heterocycles. The summed E-state index contributed by atoms with van der Waals surface area (Å²) in [5, 5.41) is 5.11. The van der Waals surface area contributed by atoms with Crippen molar-refractivity contribution in [2.24, 2.45) is 0 Å². The van der Waals surface area contributed by atoms with Crippen LogP contribution in [0.25, 0.3) is 110 Å². The molecule has 1 aromatic heterocycles. The average molecular weight is 686 g/mol. The van der Waals surface area contributed by atoms with Crippen LogP contribution < -0.4 is 0 Å². The lowest BCUT2D eigenvalue weighted by Crippen LogP contribution is -1.90. The molecule has 0 radical (unpaired) electrons. The highest BCUT2D eigenvalue weighted by atomic mass is 16.3. The topological polar surface area (TPSA) is 13.1 Å². The third kappa shape index (κ3) is 4.79. The van der Waals surface area contributed by atoms with Crippen molar-refractivity contribution < 1.29 is 22.2 Å². The molecule has 1 heteroatoms.